The predicted molar refractivity (Wildman–Crippen MR) is 201 cm³/mol. The van der Waals surface area contributed by atoms with Crippen molar-refractivity contribution < 1.29 is 16.5 Å². The molecule has 2 aliphatic heterocycles. The van der Waals surface area contributed by atoms with Crippen LogP contribution in [0.2, 0.25) is 0 Å². The summed E-state index contributed by atoms with van der Waals surface area (Å²) in [5.74, 6) is 5.66. The molecular formula is C40H34N10Ni. The number of aliphatic imine (C=N–C) groups is 4. The number of fused-ring (bicyclic) bond motifs is 2. The number of anilines is 2. The van der Waals surface area contributed by atoms with Crippen LogP contribution in [0.1, 0.15) is 44.5 Å². The van der Waals surface area contributed by atoms with Crippen molar-refractivity contribution in [1.82, 2.24) is 19.9 Å². The molecule has 11 heteroatoms. The van der Waals surface area contributed by atoms with Crippen LogP contribution in [0.3, 0.4) is 0 Å². The summed E-state index contributed by atoms with van der Waals surface area (Å²) in [5, 5.41) is 6.61. The van der Waals surface area contributed by atoms with Gasteiger partial charge in [0.05, 0.1) is 0 Å². The third-order valence-electron chi connectivity index (χ3n) is 7.85. The van der Waals surface area contributed by atoms with Gasteiger partial charge in [0.2, 0.25) is 0 Å². The Kier molecular flexibility index (Phi) is 10.6. The van der Waals surface area contributed by atoms with Crippen LogP contribution in [0.15, 0.2) is 142 Å². The van der Waals surface area contributed by atoms with E-state index in [2.05, 4.69) is 50.5 Å². The molecule has 0 amide bonds. The second-order valence-corrected chi connectivity index (χ2v) is 12.0. The van der Waals surface area contributed by atoms with Crippen molar-refractivity contribution in [3.8, 4) is 0 Å². The Morgan fingerprint density at radius 1 is 0.431 bits per heavy atom. The summed E-state index contributed by atoms with van der Waals surface area (Å²) in [6.45, 7) is 8.11. The van der Waals surface area contributed by atoms with Crippen LogP contribution in [-0.4, -0.2) is 43.3 Å². The topological polar surface area (TPSA) is 125 Å². The minimum absolute atomic E-state index is 0. The number of amidine groups is 4. The minimum atomic E-state index is 0. The summed E-state index contributed by atoms with van der Waals surface area (Å²) >= 11 is 0. The predicted octanol–water partition coefficient (Wildman–Crippen LogP) is 8.09. The van der Waals surface area contributed by atoms with Gasteiger partial charge in [-0.05, 0) is 98.5 Å². The van der Waals surface area contributed by atoms with E-state index in [1.807, 2.05) is 125 Å². The van der Waals surface area contributed by atoms with Gasteiger partial charge >= 0.3 is 0 Å². The molecule has 0 unspecified atom stereocenters. The molecule has 2 N–H and O–H groups in total. The SMILES string of the molecule is Cc1ccnc(N=C2N=C(Nc3cc(C)ccn3)c3ccccc32)c1.Cc1ccnc(N=C2N=C(Nc3cc(C)ccn3)c3ccccc32)c1.[Ni]. The number of aryl methyl sites for hydroxylation is 4. The summed E-state index contributed by atoms with van der Waals surface area (Å²) in [5.41, 5.74) is 8.51. The van der Waals surface area contributed by atoms with Gasteiger partial charge in [0.15, 0.2) is 23.3 Å². The molecule has 0 atom stereocenters. The molecule has 0 saturated heterocycles. The van der Waals surface area contributed by atoms with Gasteiger partial charge < -0.3 is 10.6 Å². The number of pyridine rings is 4. The van der Waals surface area contributed by atoms with E-state index in [0.717, 1.165) is 67.8 Å². The summed E-state index contributed by atoms with van der Waals surface area (Å²) in [6.07, 6.45) is 7.08. The van der Waals surface area contributed by atoms with E-state index in [9.17, 15) is 0 Å². The molecule has 0 radical (unpaired) electrons. The number of aromatic nitrogens is 4. The van der Waals surface area contributed by atoms with Crippen LogP contribution in [0.25, 0.3) is 0 Å². The van der Waals surface area contributed by atoms with E-state index in [1.165, 1.54) is 0 Å². The van der Waals surface area contributed by atoms with Gasteiger partial charge in [-0.15, -0.1) is 0 Å². The normalized spacial score (nSPS) is 14.0. The van der Waals surface area contributed by atoms with Crippen LogP contribution in [0, 0.1) is 27.7 Å². The number of benzene rings is 2. The smallest absolute Gasteiger partial charge is 0.164 e. The summed E-state index contributed by atoms with van der Waals surface area (Å²) in [7, 11) is 0. The summed E-state index contributed by atoms with van der Waals surface area (Å²) in [6, 6.07) is 31.8. The van der Waals surface area contributed by atoms with Crippen molar-refractivity contribution in [2.75, 3.05) is 10.6 Å². The molecule has 0 aliphatic carbocycles. The van der Waals surface area contributed by atoms with Crippen LogP contribution in [0.5, 0.6) is 0 Å². The van der Waals surface area contributed by atoms with E-state index in [1.54, 1.807) is 24.8 Å². The van der Waals surface area contributed by atoms with E-state index in [0.29, 0.717) is 23.3 Å². The number of nitrogens with zero attached hydrogens (tertiary/aromatic N) is 8. The van der Waals surface area contributed by atoms with Crippen molar-refractivity contribution >= 4 is 46.6 Å². The largest absolute Gasteiger partial charge is 0.324 e. The van der Waals surface area contributed by atoms with Crippen molar-refractivity contribution in [2.45, 2.75) is 27.7 Å². The Hall–Kier alpha value is -6.19. The van der Waals surface area contributed by atoms with E-state index >= 15 is 0 Å². The van der Waals surface area contributed by atoms with Gasteiger partial charge in [0, 0.05) is 63.5 Å². The number of hydrogen-bond donors (Lipinski definition) is 2. The number of rotatable bonds is 4. The van der Waals surface area contributed by atoms with E-state index in [4.69, 9.17) is 0 Å². The maximum Gasteiger partial charge on any atom is 0.164 e. The minimum Gasteiger partial charge on any atom is -0.324 e. The Morgan fingerprint density at radius 3 is 1.16 bits per heavy atom. The zero-order valence-corrected chi connectivity index (χ0v) is 29.4. The molecule has 6 heterocycles. The van der Waals surface area contributed by atoms with Crippen LogP contribution < -0.4 is 10.6 Å². The first-order valence-electron chi connectivity index (χ1n) is 16.2. The van der Waals surface area contributed by atoms with Gasteiger partial charge in [0.25, 0.3) is 0 Å². The number of nitrogens with one attached hydrogen (secondary N) is 2. The maximum atomic E-state index is 4.68. The summed E-state index contributed by atoms with van der Waals surface area (Å²) < 4.78 is 0. The summed E-state index contributed by atoms with van der Waals surface area (Å²) in [4.78, 5) is 35.9. The first-order valence-corrected chi connectivity index (χ1v) is 16.2. The average molecular weight is 713 g/mol. The Labute approximate surface area is 306 Å². The average Bonchev–Trinajstić information content (AvgIpc) is 3.62. The Morgan fingerprint density at radius 2 is 0.784 bits per heavy atom. The fourth-order valence-corrected chi connectivity index (χ4v) is 5.41. The van der Waals surface area contributed by atoms with Crippen LogP contribution in [-0.2, 0) is 16.5 Å². The van der Waals surface area contributed by atoms with Gasteiger partial charge in [-0.1, -0.05) is 48.5 Å². The van der Waals surface area contributed by atoms with Crippen molar-refractivity contribution in [3.63, 3.8) is 0 Å². The fraction of sp³-hybridized carbons (Fsp3) is 0.100. The molecule has 0 spiro atoms. The van der Waals surface area contributed by atoms with Crippen LogP contribution >= 0.6 is 0 Å². The van der Waals surface area contributed by atoms with Crippen molar-refractivity contribution in [2.24, 2.45) is 20.0 Å². The molecule has 2 aliphatic rings. The quantitative estimate of drug-likeness (QED) is 0.178. The standard InChI is InChI=1S/2C20H17N5.Ni/c2*1-13-7-9-21-17(11-13)23-19-15-5-3-4-6-16(15)20(25-19)24-18-12-14(2)8-10-22-18;/h2*3-12H,1-2H3,(H,21,22,23,24,25);. The Bertz CT molecular complexity index is 2180. The molecule has 6 aromatic rings. The molecule has 0 bridgehead atoms. The van der Waals surface area contributed by atoms with Gasteiger partial charge in [-0.25, -0.2) is 39.9 Å². The zero-order valence-electron chi connectivity index (χ0n) is 28.4. The zero-order chi connectivity index (χ0) is 34.5. The van der Waals surface area contributed by atoms with E-state index < -0.39 is 0 Å². The van der Waals surface area contributed by atoms with Crippen molar-refractivity contribution in [1.29, 1.82) is 0 Å². The van der Waals surface area contributed by atoms with Crippen molar-refractivity contribution in [3.05, 3.63) is 166 Å². The second kappa shape index (κ2) is 15.6. The molecule has 4 aromatic heterocycles. The maximum absolute atomic E-state index is 4.68. The molecular weight excluding hydrogens is 679 g/mol. The first-order chi connectivity index (χ1) is 24.4. The van der Waals surface area contributed by atoms with E-state index in [-0.39, 0.29) is 16.5 Å². The van der Waals surface area contributed by atoms with Gasteiger partial charge in [0.1, 0.15) is 23.3 Å². The molecule has 10 nitrogen and oxygen atoms in total. The first kappa shape index (κ1) is 34.7. The van der Waals surface area contributed by atoms with Crippen LogP contribution in [0.4, 0.5) is 23.3 Å². The van der Waals surface area contributed by atoms with Gasteiger partial charge in [-0.2, -0.15) is 0 Å². The third-order valence-corrected chi connectivity index (χ3v) is 7.85. The third kappa shape index (κ3) is 8.34. The molecule has 2 aromatic carbocycles. The molecule has 0 fully saturated rings. The van der Waals surface area contributed by atoms with Gasteiger partial charge in [-0.3, -0.25) is 0 Å². The monoisotopic (exact) mass is 712 g/mol. The molecule has 0 saturated carbocycles. The molecule has 8 rings (SSSR count). The fourth-order valence-electron chi connectivity index (χ4n) is 5.41. The Balaban J connectivity index is 0.000000172. The molecule has 254 valence electrons. The number of hydrogen-bond acceptors (Lipinski definition) is 8. The second-order valence-electron chi connectivity index (χ2n) is 12.0. The molecule has 51 heavy (non-hydrogen) atoms.